The predicted molar refractivity (Wildman–Crippen MR) is 89.7 cm³/mol. The van der Waals surface area contributed by atoms with Crippen molar-refractivity contribution in [2.24, 2.45) is 11.7 Å². The zero-order valence-electron chi connectivity index (χ0n) is 13.6. The molecule has 0 aromatic carbocycles. The highest BCUT2D eigenvalue weighted by Crippen LogP contribution is 2.26. The van der Waals surface area contributed by atoms with Crippen LogP contribution in [0.5, 0.6) is 0 Å². The number of amides is 1. The summed E-state index contributed by atoms with van der Waals surface area (Å²) in [6.07, 6.45) is 4.99. The van der Waals surface area contributed by atoms with Gasteiger partial charge in [0.2, 0.25) is 17.7 Å². The van der Waals surface area contributed by atoms with Crippen molar-refractivity contribution < 1.29 is 9.72 Å². The molecule has 0 unspecified atom stereocenters. The fourth-order valence-electron chi connectivity index (χ4n) is 2.66. The van der Waals surface area contributed by atoms with Crippen LogP contribution in [-0.4, -0.2) is 47.0 Å². The lowest BCUT2D eigenvalue weighted by atomic mass is 9.86. The van der Waals surface area contributed by atoms with Crippen molar-refractivity contribution in [3.05, 3.63) is 16.3 Å². The molecule has 0 spiro atoms. The summed E-state index contributed by atoms with van der Waals surface area (Å²) < 4.78 is 0. The third-order valence-corrected chi connectivity index (χ3v) is 4.00. The Morgan fingerprint density at radius 1 is 1.42 bits per heavy atom. The van der Waals surface area contributed by atoms with Crippen LogP contribution in [0.2, 0.25) is 0 Å². The van der Waals surface area contributed by atoms with Gasteiger partial charge in [0.05, 0.1) is 11.5 Å². The van der Waals surface area contributed by atoms with Gasteiger partial charge in [-0.05, 0) is 38.6 Å². The highest BCUT2D eigenvalue weighted by atomic mass is 16.6. The number of nitro groups is 1. The predicted octanol–water partition coefficient (Wildman–Crippen LogP) is 0.472. The van der Waals surface area contributed by atoms with E-state index in [0.29, 0.717) is 12.5 Å². The zero-order chi connectivity index (χ0) is 17.5. The van der Waals surface area contributed by atoms with Gasteiger partial charge >= 0.3 is 5.69 Å². The minimum atomic E-state index is -0.543. The number of rotatable bonds is 7. The average Bonchev–Trinajstić information content (AvgIpc) is 2.54. The topological polar surface area (TPSA) is 148 Å². The normalized spacial score (nSPS) is 20.4. The number of carbonyl (C=O) groups is 1. The van der Waals surface area contributed by atoms with Crippen LogP contribution >= 0.6 is 0 Å². The number of nitrogens with one attached hydrogen (secondary N) is 3. The van der Waals surface area contributed by atoms with Crippen LogP contribution in [0.1, 0.15) is 25.7 Å². The van der Waals surface area contributed by atoms with E-state index in [4.69, 9.17) is 5.73 Å². The summed E-state index contributed by atoms with van der Waals surface area (Å²) in [5, 5.41) is 19.3. The van der Waals surface area contributed by atoms with Gasteiger partial charge in [-0.3, -0.25) is 20.2 Å². The summed E-state index contributed by atoms with van der Waals surface area (Å²) in [5.41, 5.74) is 5.67. The van der Waals surface area contributed by atoms with Crippen LogP contribution in [0.15, 0.2) is 6.20 Å². The third-order valence-electron chi connectivity index (χ3n) is 4.00. The van der Waals surface area contributed by atoms with Crippen molar-refractivity contribution in [2.45, 2.75) is 31.7 Å². The second-order valence-electron chi connectivity index (χ2n) is 5.92. The van der Waals surface area contributed by atoms with E-state index >= 15 is 0 Å². The summed E-state index contributed by atoms with van der Waals surface area (Å²) in [6, 6.07) is 0.253. The van der Waals surface area contributed by atoms with E-state index in [2.05, 4.69) is 25.9 Å². The monoisotopic (exact) mass is 337 g/mol. The number of nitrogens with two attached hydrogens (primary N) is 1. The van der Waals surface area contributed by atoms with E-state index in [1.807, 2.05) is 0 Å². The number of hydrogen-bond acceptors (Lipinski definition) is 8. The van der Waals surface area contributed by atoms with Crippen LogP contribution in [0, 0.1) is 16.0 Å². The van der Waals surface area contributed by atoms with Gasteiger partial charge in [0.15, 0.2) is 0 Å². The molecule has 1 aromatic rings. The van der Waals surface area contributed by atoms with Crippen LogP contribution in [0.4, 0.5) is 17.5 Å². The highest BCUT2D eigenvalue weighted by Gasteiger charge is 2.22. The molecule has 1 aliphatic rings. The van der Waals surface area contributed by atoms with Gasteiger partial charge in [-0.15, -0.1) is 0 Å². The first-order valence-electron chi connectivity index (χ1n) is 7.95. The minimum Gasteiger partial charge on any atom is -0.364 e. The maximum absolute atomic E-state index is 11.6. The largest absolute Gasteiger partial charge is 0.364 e. The molecule has 1 saturated carbocycles. The SMILES string of the molecule is CNCC(=O)Nc1ncc([N+](=O)[O-])c(NCC2CCC(N)CC2)n1. The van der Waals surface area contributed by atoms with Crippen molar-refractivity contribution in [2.75, 3.05) is 30.8 Å². The zero-order valence-corrected chi connectivity index (χ0v) is 13.6. The van der Waals surface area contributed by atoms with Gasteiger partial charge in [-0.2, -0.15) is 4.98 Å². The molecule has 10 nitrogen and oxygen atoms in total. The molecule has 1 aliphatic carbocycles. The Morgan fingerprint density at radius 2 is 2.12 bits per heavy atom. The van der Waals surface area contributed by atoms with E-state index < -0.39 is 4.92 Å². The van der Waals surface area contributed by atoms with Crippen molar-refractivity contribution >= 4 is 23.4 Å². The number of nitrogens with zero attached hydrogens (tertiary/aromatic N) is 3. The molecule has 10 heteroatoms. The Labute approximate surface area is 139 Å². The van der Waals surface area contributed by atoms with Crippen LogP contribution in [-0.2, 0) is 4.79 Å². The first-order chi connectivity index (χ1) is 11.5. The molecule has 0 aliphatic heterocycles. The van der Waals surface area contributed by atoms with Gasteiger partial charge in [0.25, 0.3) is 0 Å². The quantitative estimate of drug-likeness (QED) is 0.414. The summed E-state index contributed by atoms with van der Waals surface area (Å²) in [6.45, 7) is 0.680. The smallest absolute Gasteiger partial charge is 0.329 e. The second-order valence-corrected chi connectivity index (χ2v) is 5.92. The molecular weight excluding hydrogens is 314 g/mol. The van der Waals surface area contributed by atoms with E-state index in [9.17, 15) is 14.9 Å². The fourth-order valence-corrected chi connectivity index (χ4v) is 2.66. The molecule has 24 heavy (non-hydrogen) atoms. The van der Waals surface area contributed by atoms with Crippen molar-refractivity contribution in [3.8, 4) is 0 Å². The van der Waals surface area contributed by atoms with Crippen molar-refractivity contribution in [1.29, 1.82) is 0 Å². The number of likely N-dealkylation sites (N-methyl/N-ethyl adjacent to an activating group) is 1. The van der Waals surface area contributed by atoms with Crippen molar-refractivity contribution in [1.82, 2.24) is 15.3 Å². The van der Waals surface area contributed by atoms with Gasteiger partial charge in [-0.25, -0.2) is 4.98 Å². The van der Waals surface area contributed by atoms with Crippen LogP contribution in [0.25, 0.3) is 0 Å². The third kappa shape index (κ3) is 5.10. The molecule has 0 atom stereocenters. The molecule has 132 valence electrons. The number of carbonyl (C=O) groups excluding carboxylic acids is 1. The summed E-state index contributed by atoms with van der Waals surface area (Å²) in [7, 11) is 1.64. The lowest BCUT2D eigenvalue weighted by Gasteiger charge is -2.26. The lowest BCUT2D eigenvalue weighted by molar-refractivity contribution is -0.384. The Hall–Kier alpha value is -2.33. The number of hydrogen-bond donors (Lipinski definition) is 4. The van der Waals surface area contributed by atoms with E-state index in [1.54, 1.807) is 7.05 Å². The summed E-state index contributed by atoms with van der Waals surface area (Å²) in [5.74, 6) is 0.235. The van der Waals surface area contributed by atoms with Gasteiger partial charge in [0.1, 0.15) is 6.20 Å². The molecule has 5 N–H and O–H groups in total. The first-order valence-corrected chi connectivity index (χ1v) is 7.95. The Bertz CT molecular complexity index is 588. The number of aromatic nitrogens is 2. The Morgan fingerprint density at radius 3 is 2.75 bits per heavy atom. The maximum Gasteiger partial charge on any atom is 0.329 e. The molecular formula is C14H23N7O3. The molecule has 1 aromatic heterocycles. The standard InChI is InChI=1S/C14H23N7O3/c1-16-8-12(22)19-14-18-7-11(21(23)24)13(20-14)17-6-9-2-4-10(15)5-3-9/h7,9-10,16H,2-6,8,15H2,1H3,(H2,17,18,19,20,22). The van der Waals surface area contributed by atoms with Gasteiger partial charge in [0, 0.05) is 12.6 Å². The number of anilines is 2. The van der Waals surface area contributed by atoms with Crippen molar-refractivity contribution in [3.63, 3.8) is 0 Å². The molecule has 1 amide bonds. The summed E-state index contributed by atoms with van der Waals surface area (Å²) in [4.78, 5) is 30.0. The minimum absolute atomic E-state index is 0.0361. The molecule has 0 radical (unpaired) electrons. The molecule has 0 saturated heterocycles. The highest BCUT2D eigenvalue weighted by molar-refractivity contribution is 5.90. The Balaban J connectivity index is 2.04. The van der Waals surface area contributed by atoms with Gasteiger partial charge < -0.3 is 16.4 Å². The lowest BCUT2D eigenvalue weighted by Crippen LogP contribution is -2.29. The van der Waals surface area contributed by atoms with Crippen LogP contribution < -0.4 is 21.7 Å². The molecule has 1 heterocycles. The summed E-state index contributed by atoms with van der Waals surface area (Å²) >= 11 is 0. The second kappa shape index (κ2) is 8.50. The average molecular weight is 337 g/mol. The molecule has 1 fully saturated rings. The van der Waals surface area contributed by atoms with E-state index in [1.165, 1.54) is 0 Å². The molecule has 0 bridgehead atoms. The van der Waals surface area contributed by atoms with E-state index in [0.717, 1.165) is 31.9 Å². The first kappa shape index (κ1) is 18.0. The van der Waals surface area contributed by atoms with E-state index in [-0.39, 0.29) is 35.9 Å². The Kier molecular flexibility index (Phi) is 6.38. The molecule has 2 rings (SSSR count). The fraction of sp³-hybridized carbons (Fsp3) is 0.643. The maximum atomic E-state index is 11.6. The van der Waals surface area contributed by atoms with Gasteiger partial charge in [-0.1, -0.05) is 0 Å². The van der Waals surface area contributed by atoms with Crippen LogP contribution in [0.3, 0.4) is 0 Å².